The first kappa shape index (κ1) is 11.8. The lowest BCUT2D eigenvalue weighted by atomic mass is 10.3. The number of anilines is 1. The van der Waals surface area contributed by atoms with Gasteiger partial charge >= 0.3 is 0 Å². The van der Waals surface area contributed by atoms with E-state index >= 15 is 0 Å². The molecule has 1 aromatic carbocycles. The molecule has 1 aromatic rings. The molecule has 0 atom stereocenters. The maximum absolute atomic E-state index is 10.4. The smallest absolute Gasteiger partial charge is 0.211 e. The summed E-state index contributed by atoms with van der Waals surface area (Å²) in [7, 11) is 0. The van der Waals surface area contributed by atoms with Crippen LogP contribution in [0.4, 0.5) is 5.69 Å². The molecule has 0 aromatic heterocycles. The second-order valence-electron chi connectivity index (χ2n) is 3.63. The zero-order valence-corrected chi connectivity index (χ0v) is 10.4. The number of hydrogen-bond donors (Lipinski definition) is 1. The van der Waals surface area contributed by atoms with Crippen molar-refractivity contribution in [1.82, 2.24) is 4.31 Å². The fraction of sp³-hybridized carbons (Fsp3) is 0.364. The van der Waals surface area contributed by atoms with Crippen LogP contribution in [0.5, 0.6) is 0 Å². The van der Waals surface area contributed by atoms with Gasteiger partial charge in [-0.1, -0.05) is 11.6 Å². The summed E-state index contributed by atoms with van der Waals surface area (Å²) >= 11 is 7.77. The molecule has 0 radical (unpaired) electrons. The molecule has 5 heteroatoms. The largest absolute Gasteiger partial charge is 0.329 e. The summed E-state index contributed by atoms with van der Waals surface area (Å²) in [4.78, 5) is 11.3. The molecule has 3 nitrogen and oxygen atoms in total. The van der Waals surface area contributed by atoms with Crippen molar-refractivity contribution in [2.75, 3.05) is 18.4 Å². The zero-order chi connectivity index (χ0) is 11.4. The quantitative estimate of drug-likeness (QED) is 0.664. The Labute approximate surface area is 104 Å². The number of benzene rings is 1. The molecule has 0 unspecified atom stereocenters. The molecule has 0 aliphatic carbocycles. The lowest BCUT2D eigenvalue weighted by molar-refractivity contribution is -0.105. The normalized spacial score (nSPS) is 16.3. The predicted octanol–water partition coefficient (Wildman–Crippen LogP) is 3.01. The Kier molecular flexibility index (Phi) is 4.09. The Bertz CT molecular complexity index is 380. The van der Waals surface area contributed by atoms with Gasteiger partial charge in [-0.15, -0.1) is 0 Å². The molecule has 0 spiro atoms. The average Bonchev–Trinajstić information content (AvgIpc) is 2.76. The number of carbonyl (C=O) groups excluding carboxylic acids is 1. The van der Waals surface area contributed by atoms with E-state index in [-0.39, 0.29) is 0 Å². The van der Waals surface area contributed by atoms with Gasteiger partial charge in [-0.2, -0.15) is 0 Å². The summed E-state index contributed by atoms with van der Waals surface area (Å²) in [5.41, 5.74) is 0.779. The second kappa shape index (κ2) is 5.57. The van der Waals surface area contributed by atoms with Gasteiger partial charge in [-0.25, -0.2) is 4.31 Å². The van der Waals surface area contributed by atoms with E-state index in [9.17, 15) is 4.79 Å². The van der Waals surface area contributed by atoms with Crippen molar-refractivity contribution >= 4 is 35.6 Å². The van der Waals surface area contributed by atoms with Gasteiger partial charge in [0.15, 0.2) is 0 Å². The molecular weight excluding hydrogens is 244 g/mol. The van der Waals surface area contributed by atoms with Crippen LogP contribution in [0.3, 0.4) is 0 Å². The van der Waals surface area contributed by atoms with Crippen LogP contribution in [0.2, 0.25) is 5.02 Å². The van der Waals surface area contributed by atoms with Crippen LogP contribution in [0.15, 0.2) is 23.1 Å². The molecule has 1 saturated heterocycles. The molecule has 16 heavy (non-hydrogen) atoms. The van der Waals surface area contributed by atoms with Gasteiger partial charge in [0.05, 0.1) is 5.02 Å². The van der Waals surface area contributed by atoms with E-state index in [1.54, 1.807) is 18.0 Å². The minimum absolute atomic E-state index is 0.674. The van der Waals surface area contributed by atoms with Crippen molar-refractivity contribution in [3.05, 3.63) is 23.2 Å². The summed E-state index contributed by atoms with van der Waals surface area (Å²) in [6.07, 6.45) is 3.17. The van der Waals surface area contributed by atoms with E-state index in [2.05, 4.69) is 9.62 Å². The van der Waals surface area contributed by atoms with Crippen LogP contribution in [0.1, 0.15) is 12.8 Å². The van der Waals surface area contributed by atoms with Crippen LogP contribution in [-0.4, -0.2) is 23.8 Å². The molecule has 0 bridgehead atoms. The van der Waals surface area contributed by atoms with Crippen LogP contribution in [0, 0.1) is 0 Å². The van der Waals surface area contributed by atoms with Gasteiger partial charge in [0.2, 0.25) is 6.41 Å². The lowest BCUT2D eigenvalue weighted by Gasteiger charge is -2.14. The first-order valence-corrected chi connectivity index (χ1v) is 6.37. The molecule has 1 fully saturated rings. The third-order valence-electron chi connectivity index (χ3n) is 2.45. The van der Waals surface area contributed by atoms with Gasteiger partial charge in [0.25, 0.3) is 0 Å². The Morgan fingerprint density at radius 3 is 2.81 bits per heavy atom. The Balaban J connectivity index is 2.11. The highest BCUT2D eigenvalue weighted by molar-refractivity contribution is 7.97. The minimum atomic E-state index is 0.674. The van der Waals surface area contributed by atoms with Crippen LogP contribution < -0.4 is 5.32 Å². The third-order valence-corrected chi connectivity index (χ3v) is 4.05. The standard InChI is InChI=1S/C11H13ClN2OS/c12-10-4-3-9(13-8-15)7-11(10)16-14-5-1-2-6-14/h3-4,7-8H,1-2,5-6H2,(H,13,15). The third kappa shape index (κ3) is 2.90. The number of nitrogens with zero attached hydrogens (tertiary/aromatic N) is 1. The molecular formula is C11H13ClN2OS. The maximum atomic E-state index is 10.4. The lowest BCUT2D eigenvalue weighted by Crippen LogP contribution is -2.08. The molecule has 1 heterocycles. The summed E-state index contributed by atoms with van der Waals surface area (Å²) < 4.78 is 2.30. The molecule has 86 valence electrons. The van der Waals surface area contributed by atoms with E-state index in [1.807, 2.05) is 12.1 Å². The fourth-order valence-corrected chi connectivity index (χ4v) is 2.92. The Morgan fingerprint density at radius 1 is 1.38 bits per heavy atom. The summed E-state index contributed by atoms with van der Waals surface area (Å²) in [6, 6.07) is 5.51. The number of amides is 1. The molecule has 2 rings (SSSR count). The van der Waals surface area contributed by atoms with Gasteiger partial charge in [0, 0.05) is 23.7 Å². The van der Waals surface area contributed by atoms with E-state index in [0.717, 1.165) is 28.7 Å². The van der Waals surface area contributed by atoms with Crippen molar-refractivity contribution < 1.29 is 4.79 Å². The molecule has 0 saturated carbocycles. The summed E-state index contributed by atoms with van der Waals surface area (Å²) in [6.45, 7) is 2.21. The topological polar surface area (TPSA) is 32.3 Å². The van der Waals surface area contributed by atoms with Crippen LogP contribution in [0.25, 0.3) is 0 Å². The number of carbonyl (C=O) groups is 1. The minimum Gasteiger partial charge on any atom is -0.329 e. The number of hydrogen-bond acceptors (Lipinski definition) is 3. The van der Waals surface area contributed by atoms with Crippen molar-refractivity contribution in [3.8, 4) is 0 Å². The van der Waals surface area contributed by atoms with E-state index in [4.69, 9.17) is 11.6 Å². The predicted molar refractivity (Wildman–Crippen MR) is 67.8 cm³/mol. The molecule has 1 N–H and O–H groups in total. The number of halogens is 1. The Morgan fingerprint density at radius 2 is 2.12 bits per heavy atom. The van der Waals surface area contributed by atoms with Crippen LogP contribution in [-0.2, 0) is 4.79 Å². The highest BCUT2D eigenvalue weighted by Gasteiger charge is 2.14. The first-order chi connectivity index (χ1) is 7.79. The summed E-state index contributed by atoms with van der Waals surface area (Å²) in [5.74, 6) is 0. The van der Waals surface area contributed by atoms with Gasteiger partial charge in [-0.05, 0) is 43.0 Å². The van der Waals surface area contributed by atoms with E-state index in [1.165, 1.54) is 12.8 Å². The number of nitrogens with one attached hydrogen (secondary N) is 1. The molecule has 1 aliphatic rings. The second-order valence-corrected chi connectivity index (χ2v) is 5.18. The van der Waals surface area contributed by atoms with Gasteiger partial charge in [0.1, 0.15) is 0 Å². The van der Waals surface area contributed by atoms with Crippen molar-refractivity contribution in [3.63, 3.8) is 0 Å². The monoisotopic (exact) mass is 256 g/mol. The van der Waals surface area contributed by atoms with E-state index < -0.39 is 0 Å². The fourth-order valence-electron chi connectivity index (χ4n) is 1.65. The SMILES string of the molecule is O=CNc1ccc(Cl)c(SN2CCCC2)c1. The number of rotatable bonds is 4. The van der Waals surface area contributed by atoms with Gasteiger partial charge in [-0.3, -0.25) is 4.79 Å². The highest BCUT2D eigenvalue weighted by Crippen LogP contribution is 2.33. The maximum Gasteiger partial charge on any atom is 0.211 e. The highest BCUT2D eigenvalue weighted by atomic mass is 35.5. The van der Waals surface area contributed by atoms with Gasteiger partial charge < -0.3 is 5.32 Å². The zero-order valence-electron chi connectivity index (χ0n) is 8.78. The molecule has 1 aliphatic heterocycles. The first-order valence-electron chi connectivity index (χ1n) is 5.22. The van der Waals surface area contributed by atoms with E-state index in [0.29, 0.717) is 6.41 Å². The van der Waals surface area contributed by atoms with Crippen molar-refractivity contribution in [2.24, 2.45) is 0 Å². The average molecular weight is 257 g/mol. The Hall–Kier alpha value is -0.710. The summed E-state index contributed by atoms with van der Waals surface area (Å²) in [5, 5.41) is 3.36. The van der Waals surface area contributed by atoms with Crippen LogP contribution >= 0.6 is 23.5 Å². The molecule has 1 amide bonds. The van der Waals surface area contributed by atoms with Crippen molar-refractivity contribution in [2.45, 2.75) is 17.7 Å². The van der Waals surface area contributed by atoms with Crippen molar-refractivity contribution in [1.29, 1.82) is 0 Å².